The lowest BCUT2D eigenvalue weighted by Gasteiger charge is -2.31. The number of hydrogen-bond donors (Lipinski definition) is 1. The molecule has 0 aromatic heterocycles. The molecule has 0 bridgehead atoms. The summed E-state index contributed by atoms with van der Waals surface area (Å²) < 4.78 is 0. The first-order valence-corrected chi connectivity index (χ1v) is 5.18. The second-order valence-corrected chi connectivity index (χ2v) is 3.66. The van der Waals surface area contributed by atoms with Gasteiger partial charge in [0, 0.05) is 20.0 Å². The highest BCUT2D eigenvalue weighted by Gasteiger charge is 2.21. The number of rotatable bonds is 4. The van der Waals surface area contributed by atoms with Gasteiger partial charge >= 0.3 is 0 Å². The predicted molar refractivity (Wildman–Crippen MR) is 54.0 cm³/mol. The summed E-state index contributed by atoms with van der Waals surface area (Å²) >= 11 is 0. The summed E-state index contributed by atoms with van der Waals surface area (Å²) in [5.74, 6) is 0.0419. The van der Waals surface area contributed by atoms with E-state index in [0.717, 1.165) is 32.1 Å². The van der Waals surface area contributed by atoms with E-state index in [2.05, 4.69) is 10.2 Å². The number of nitrogens with one attached hydrogen (secondary N) is 1. The molecule has 0 spiro atoms. The van der Waals surface area contributed by atoms with Crippen LogP contribution in [0.15, 0.2) is 0 Å². The van der Waals surface area contributed by atoms with Gasteiger partial charge in [0.15, 0.2) is 0 Å². The second kappa shape index (κ2) is 5.75. The van der Waals surface area contributed by atoms with Crippen LogP contribution in [0.3, 0.4) is 0 Å². The first kappa shape index (κ1) is 11.2. The first-order valence-electron chi connectivity index (χ1n) is 5.18. The van der Waals surface area contributed by atoms with E-state index in [4.69, 9.17) is 0 Å². The van der Waals surface area contributed by atoms with Crippen LogP contribution < -0.4 is 5.32 Å². The van der Waals surface area contributed by atoms with Crippen LogP contribution in [-0.4, -0.2) is 43.3 Å². The predicted octanol–water partition coefficient (Wildman–Crippen LogP) is 0.176. The maximum absolute atomic E-state index is 11.0. The Labute approximate surface area is 84.7 Å². The topological polar surface area (TPSA) is 49.4 Å². The standard InChI is InChI=1S/C10H18N2O2/c1-11-10(14)5-7-12-6-3-2-4-9(12)8-13/h8-9H,2-7H2,1H3,(H,11,14). The number of likely N-dealkylation sites (tertiary alicyclic amines) is 1. The minimum absolute atomic E-state index is 0.0356. The van der Waals surface area contributed by atoms with Crippen molar-refractivity contribution in [3.63, 3.8) is 0 Å². The molecule has 1 aliphatic rings. The lowest BCUT2D eigenvalue weighted by molar-refractivity contribution is -0.122. The minimum Gasteiger partial charge on any atom is -0.359 e. The van der Waals surface area contributed by atoms with Gasteiger partial charge < -0.3 is 10.1 Å². The fourth-order valence-corrected chi connectivity index (χ4v) is 1.82. The first-order chi connectivity index (χ1) is 6.77. The number of carbonyl (C=O) groups is 2. The van der Waals surface area contributed by atoms with Crippen LogP contribution in [0.2, 0.25) is 0 Å². The Bertz CT molecular complexity index is 206. The number of amides is 1. The fourth-order valence-electron chi connectivity index (χ4n) is 1.82. The highest BCUT2D eigenvalue weighted by atomic mass is 16.1. The fraction of sp³-hybridized carbons (Fsp3) is 0.800. The van der Waals surface area contributed by atoms with Crippen molar-refractivity contribution in [2.75, 3.05) is 20.1 Å². The lowest BCUT2D eigenvalue weighted by atomic mass is 10.0. The molecule has 1 heterocycles. The molecule has 1 aliphatic heterocycles. The summed E-state index contributed by atoms with van der Waals surface area (Å²) in [6.07, 6.45) is 4.69. The van der Waals surface area contributed by atoms with Gasteiger partial charge in [-0.05, 0) is 19.4 Å². The van der Waals surface area contributed by atoms with Gasteiger partial charge in [-0.1, -0.05) is 6.42 Å². The molecule has 0 aromatic carbocycles. The number of carbonyl (C=O) groups excluding carboxylic acids is 2. The van der Waals surface area contributed by atoms with Crippen LogP contribution in [-0.2, 0) is 9.59 Å². The van der Waals surface area contributed by atoms with Gasteiger partial charge in [0.1, 0.15) is 6.29 Å². The molecular formula is C10H18N2O2. The van der Waals surface area contributed by atoms with Crippen LogP contribution in [0.4, 0.5) is 0 Å². The number of hydrogen-bond acceptors (Lipinski definition) is 3. The van der Waals surface area contributed by atoms with Crippen molar-refractivity contribution >= 4 is 12.2 Å². The Morgan fingerprint density at radius 1 is 1.57 bits per heavy atom. The third kappa shape index (κ3) is 3.10. The normalized spacial score (nSPS) is 23.1. The molecule has 1 N–H and O–H groups in total. The highest BCUT2D eigenvalue weighted by Crippen LogP contribution is 2.15. The van der Waals surface area contributed by atoms with E-state index in [1.54, 1.807) is 7.05 Å². The van der Waals surface area contributed by atoms with Crippen molar-refractivity contribution in [2.24, 2.45) is 0 Å². The molecule has 1 rings (SSSR count). The molecular weight excluding hydrogens is 180 g/mol. The van der Waals surface area contributed by atoms with Crippen molar-refractivity contribution in [3.8, 4) is 0 Å². The minimum atomic E-state index is 0.0356. The van der Waals surface area contributed by atoms with Crippen molar-refractivity contribution in [1.82, 2.24) is 10.2 Å². The van der Waals surface area contributed by atoms with E-state index >= 15 is 0 Å². The number of nitrogens with zero attached hydrogens (tertiary/aromatic N) is 1. The Balaban J connectivity index is 2.33. The smallest absolute Gasteiger partial charge is 0.221 e. The van der Waals surface area contributed by atoms with Gasteiger partial charge in [0.2, 0.25) is 5.91 Å². The summed E-state index contributed by atoms with van der Waals surface area (Å²) in [5.41, 5.74) is 0. The summed E-state index contributed by atoms with van der Waals surface area (Å²) in [4.78, 5) is 23.9. The van der Waals surface area contributed by atoms with Gasteiger partial charge in [-0.2, -0.15) is 0 Å². The third-order valence-electron chi connectivity index (χ3n) is 2.73. The largest absolute Gasteiger partial charge is 0.359 e. The molecule has 1 amide bonds. The van der Waals surface area contributed by atoms with E-state index in [-0.39, 0.29) is 11.9 Å². The maximum atomic E-state index is 11.0. The number of piperidine rings is 1. The molecule has 1 unspecified atom stereocenters. The van der Waals surface area contributed by atoms with Gasteiger partial charge in [0.05, 0.1) is 6.04 Å². The zero-order chi connectivity index (χ0) is 10.4. The van der Waals surface area contributed by atoms with Crippen LogP contribution in [0.25, 0.3) is 0 Å². The van der Waals surface area contributed by atoms with Crippen LogP contribution in [0.1, 0.15) is 25.7 Å². The summed E-state index contributed by atoms with van der Waals surface area (Å²) in [6.45, 7) is 1.64. The highest BCUT2D eigenvalue weighted by molar-refractivity contribution is 5.75. The van der Waals surface area contributed by atoms with Gasteiger partial charge in [-0.15, -0.1) is 0 Å². The van der Waals surface area contributed by atoms with Crippen molar-refractivity contribution in [3.05, 3.63) is 0 Å². The van der Waals surface area contributed by atoms with E-state index in [0.29, 0.717) is 13.0 Å². The van der Waals surface area contributed by atoms with Crippen molar-refractivity contribution in [1.29, 1.82) is 0 Å². The zero-order valence-electron chi connectivity index (χ0n) is 8.66. The summed E-state index contributed by atoms with van der Waals surface area (Å²) in [5, 5.41) is 2.58. The maximum Gasteiger partial charge on any atom is 0.221 e. The van der Waals surface area contributed by atoms with Crippen LogP contribution >= 0.6 is 0 Å². The van der Waals surface area contributed by atoms with Gasteiger partial charge in [-0.3, -0.25) is 9.69 Å². The molecule has 1 saturated heterocycles. The van der Waals surface area contributed by atoms with E-state index in [1.165, 1.54) is 0 Å². The number of aldehydes is 1. The Morgan fingerprint density at radius 2 is 2.36 bits per heavy atom. The molecule has 1 fully saturated rings. The Morgan fingerprint density at radius 3 is 3.00 bits per heavy atom. The van der Waals surface area contributed by atoms with Crippen molar-refractivity contribution < 1.29 is 9.59 Å². The molecule has 0 saturated carbocycles. The molecule has 4 heteroatoms. The Kier molecular flexibility index (Phi) is 4.59. The summed E-state index contributed by atoms with van der Waals surface area (Å²) in [6, 6.07) is 0.0356. The van der Waals surface area contributed by atoms with Crippen LogP contribution in [0, 0.1) is 0 Å². The van der Waals surface area contributed by atoms with E-state index < -0.39 is 0 Å². The average molecular weight is 198 g/mol. The quantitative estimate of drug-likeness (QED) is 0.655. The second-order valence-electron chi connectivity index (χ2n) is 3.66. The molecule has 1 atom stereocenters. The van der Waals surface area contributed by atoms with Gasteiger partial charge in [0.25, 0.3) is 0 Å². The van der Waals surface area contributed by atoms with Gasteiger partial charge in [-0.25, -0.2) is 0 Å². The molecule has 14 heavy (non-hydrogen) atoms. The van der Waals surface area contributed by atoms with Crippen LogP contribution in [0.5, 0.6) is 0 Å². The molecule has 4 nitrogen and oxygen atoms in total. The molecule has 0 aromatic rings. The zero-order valence-corrected chi connectivity index (χ0v) is 8.66. The lowest BCUT2D eigenvalue weighted by Crippen LogP contribution is -2.42. The molecule has 0 radical (unpaired) electrons. The third-order valence-corrected chi connectivity index (χ3v) is 2.73. The molecule has 0 aliphatic carbocycles. The molecule has 80 valence electrons. The van der Waals surface area contributed by atoms with E-state index in [9.17, 15) is 9.59 Å². The average Bonchev–Trinajstić information content (AvgIpc) is 2.26. The SMILES string of the molecule is CNC(=O)CCN1CCCCC1C=O. The van der Waals surface area contributed by atoms with Crippen molar-refractivity contribution in [2.45, 2.75) is 31.7 Å². The monoisotopic (exact) mass is 198 g/mol. The summed E-state index contributed by atoms with van der Waals surface area (Å²) in [7, 11) is 1.63. The van der Waals surface area contributed by atoms with E-state index in [1.807, 2.05) is 0 Å². The Hall–Kier alpha value is -0.900.